The Labute approximate surface area is 162 Å². The van der Waals surface area contributed by atoms with Crippen LogP contribution < -0.4 is 10.6 Å². The summed E-state index contributed by atoms with van der Waals surface area (Å²) < 4.78 is 2.10. The lowest BCUT2D eigenvalue weighted by molar-refractivity contribution is -0.127. The molecule has 1 saturated carbocycles. The minimum Gasteiger partial charge on any atom is -0.354 e. The Morgan fingerprint density at radius 3 is 2.70 bits per heavy atom. The second kappa shape index (κ2) is 8.98. The second-order valence-corrected chi connectivity index (χ2v) is 7.45. The fourth-order valence-corrected chi connectivity index (χ4v) is 3.43. The first-order chi connectivity index (χ1) is 13.1. The zero-order valence-corrected chi connectivity index (χ0v) is 16.3. The van der Waals surface area contributed by atoms with Crippen molar-refractivity contribution in [3.05, 3.63) is 24.5 Å². The molecule has 0 unspecified atom stereocenters. The zero-order valence-electron chi connectivity index (χ0n) is 15.5. The molecule has 1 atom stereocenters. The van der Waals surface area contributed by atoms with Crippen LogP contribution in [0.15, 0.2) is 29.7 Å². The van der Waals surface area contributed by atoms with Gasteiger partial charge in [-0.3, -0.25) is 19.1 Å². The van der Waals surface area contributed by atoms with Crippen LogP contribution >= 0.6 is 11.8 Å². The second-order valence-electron chi connectivity index (χ2n) is 6.51. The third-order valence-electron chi connectivity index (χ3n) is 4.17. The van der Waals surface area contributed by atoms with E-state index in [1.807, 2.05) is 19.1 Å². The molecular weight excluding hydrogens is 364 g/mol. The summed E-state index contributed by atoms with van der Waals surface area (Å²) in [5, 5.41) is 14.8. The Balaban J connectivity index is 1.61. The Hall–Kier alpha value is -2.42. The normalized spacial score (nSPS) is 14.6. The first-order valence-electron chi connectivity index (χ1n) is 9.15. The van der Waals surface area contributed by atoms with Crippen molar-refractivity contribution in [2.75, 3.05) is 12.3 Å². The molecule has 9 heteroatoms. The number of thioether (sulfide) groups is 1. The van der Waals surface area contributed by atoms with Gasteiger partial charge in [0, 0.05) is 30.5 Å². The van der Waals surface area contributed by atoms with Crippen LogP contribution in [-0.2, 0) is 9.59 Å². The van der Waals surface area contributed by atoms with Crippen molar-refractivity contribution in [1.82, 2.24) is 30.4 Å². The van der Waals surface area contributed by atoms with Gasteiger partial charge in [-0.2, -0.15) is 0 Å². The highest BCUT2D eigenvalue weighted by molar-refractivity contribution is 7.99. The van der Waals surface area contributed by atoms with E-state index in [1.54, 1.807) is 19.3 Å². The molecule has 0 spiro atoms. The van der Waals surface area contributed by atoms with Gasteiger partial charge in [0.1, 0.15) is 6.04 Å². The minimum atomic E-state index is -0.557. The lowest BCUT2D eigenvalue weighted by atomic mass is 10.2. The van der Waals surface area contributed by atoms with Crippen molar-refractivity contribution in [3.63, 3.8) is 0 Å². The Kier molecular flexibility index (Phi) is 6.44. The fourth-order valence-electron chi connectivity index (χ4n) is 2.62. The average Bonchev–Trinajstić information content (AvgIpc) is 3.43. The standard InChI is InChI=1S/C18H24N6O2S/c1-3-8-20-17(26)12(2)21-15(25)11-27-18-23-22-16(24(18)14-4-5-14)13-6-9-19-10-7-13/h6-7,9-10,12,14H,3-5,8,11H2,1-2H3,(H,20,26)(H,21,25)/t12-/m1/s1. The van der Waals surface area contributed by atoms with Gasteiger partial charge in [-0.25, -0.2) is 0 Å². The van der Waals surface area contributed by atoms with Crippen molar-refractivity contribution in [2.24, 2.45) is 0 Å². The monoisotopic (exact) mass is 388 g/mol. The molecule has 2 aromatic heterocycles. The number of carbonyl (C=O) groups is 2. The molecule has 1 aliphatic rings. The molecule has 1 aliphatic carbocycles. The summed E-state index contributed by atoms with van der Waals surface area (Å²) in [6.45, 7) is 4.27. The zero-order chi connectivity index (χ0) is 19.2. The van der Waals surface area contributed by atoms with Gasteiger partial charge in [0.2, 0.25) is 11.8 Å². The number of nitrogens with one attached hydrogen (secondary N) is 2. The van der Waals surface area contributed by atoms with E-state index >= 15 is 0 Å². The van der Waals surface area contributed by atoms with Crippen molar-refractivity contribution < 1.29 is 9.59 Å². The van der Waals surface area contributed by atoms with Crippen LogP contribution in [0.3, 0.4) is 0 Å². The third-order valence-corrected chi connectivity index (χ3v) is 5.11. The van der Waals surface area contributed by atoms with Gasteiger partial charge in [-0.05, 0) is 38.3 Å². The summed E-state index contributed by atoms with van der Waals surface area (Å²) in [4.78, 5) is 28.1. The molecule has 2 amide bonds. The molecule has 1 fully saturated rings. The van der Waals surface area contributed by atoms with Gasteiger partial charge >= 0.3 is 0 Å². The summed E-state index contributed by atoms with van der Waals surface area (Å²) in [6, 6.07) is 3.63. The number of pyridine rings is 1. The highest BCUT2D eigenvalue weighted by atomic mass is 32.2. The molecule has 0 bridgehead atoms. The van der Waals surface area contributed by atoms with E-state index in [4.69, 9.17) is 0 Å². The predicted molar refractivity (Wildman–Crippen MR) is 103 cm³/mol. The fraction of sp³-hybridized carbons (Fsp3) is 0.500. The van der Waals surface area contributed by atoms with Gasteiger partial charge in [0.15, 0.2) is 11.0 Å². The number of amides is 2. The molecule has 0 aliphatic heterocycles. The van der Waals surface area contributed by atoms with E-state index in [0.717, 1.165) is 35.8 Å². The van der Waals surface area contributed by atoms with Crippen LogP contribution in [-0.4, -0.2) is 49.9 Å². The van der Waals surface area contributed by atoms with Gasteiger partial charge < -0.3 is 10.6 Å². The van der Waals surface area contributed by atoms with E-state index in [0.29, 0.717) is 12.6 Å². The summed E-state index contributed by atoms with van der Waals surface area (Å²) in [7, 11) is 0. The van der Waals surface area contributed by atoms with Crippen molar-refractivity contribution >= 4 is 23.6 Å². The summed E-state index contributed by atoms with van der Waals surface area (Å²) in [5.41, 5.74) is 0.960. The first kappa shape index (κ1) is 19.3. The SMILES string of the molecule is CCCNC(=O)[C@@H](C)NC(=O)CSc1nnc(-c2ccncc2)n1C1CC1. The third kappa shape index (κ3) is 5.06. The molecule has 2 aromatic rings. The van der Waals surface area contributed by atoms with Crippen LogP contribution in [0.1, 0.15) is 39.2 Å². The van der Waals surface area contributed by atoms with E-state index < -0.39 is 6.04 Å². The van der Waals surface area contributed by atoms with Crippen LogP contribution in [0.4, 0.5) is 0 Å². The van der Waals surface area contributed by atoms with E-state index in [2.05, 4.69) is 30.4 Å². The lowest BCUT2D eigenvalue weighted by Gasteiger charge is -2.13. The molecule has 8 nitrogen and oxygen atoms in total. The number of nitrogens with zero attached hydrogens (tertiary/aromatic N) is 4. The number of hydrogen-bond donors (Lipinski definition) is 2. The summed E-state index contributed by atoms with van der Waals surface area (Å²) in [5.74, 6) is 0.619. The molecule has 2 heterocycles. The maximum Gasteiger partial charge on any atom is 0.242 e. The average molecular weight is 388 g/mol. The molecule has 144 valence electrons. The molecule has 2 N–H and O–H groups in total. The number of aromatic nitrogens is 4. The van der Waals surface area contributed by atoms with E-state index in [1.165, 1.54) is 11.8 Å². The predicted octanol–water partition coefficient (Wildman–Crippen LogP) is 1.80. The smallest absolute Gasteiger partial charge is 0.242 e. The topological polar surface area (TPSA) is 102 Å². The minimum absolute atomic E-state index is 0.170. The van der Waals surface area contributed by atoms with Gasteiger partial charge in [0.05, 0.1) is 5.75 Å². The van der Waals surface area contributed by atoms with Gasteiger partial charge in [0.25, 0.3) is 0 Å². The van der Waals surface area contributed by atoms with Crippen LogP contribution in [0.5, 0.6) is 0 Å². The van der Waals surface area contributed by atoms with Crippen molar-refractivity contribution in [1.29, 1.82) is 0 Å². The van der Waals surface area contributed by atoms with E-state index in [9.17, 15) is 9.59 Å². The number of hydrogen-bond acceptors (Lipinski definition) is 6. The van der Waals surface area contributed by atoms with E-state index in [-0.39, 0.29) is 17.6 Å². The quantitative estimate of drug-likeness (QED) is 0.635. The summed E-state index contributed by atoms with van der Waals surface area (Å²) in [6.07, 6.45) is 6.49. The lowest BCUT2D eigenvalue weighted by Crippen LogP contribution is -2.45. The van der Waals surface area contributed by atoms with Gasteiger partial charge in [-0.1, -0.05) is 18.7 Å². The van der Waals surface area contributed by atoms with Crippen molar-refractivity contribution in [3.8, 4) is 11.4 Å². The molecule has 0 aromatic carbocycles. The first-order valence-corrected chi connectivity index (χ1v) is 10.1. The molecule has 3 rings (SSSR count). The maximum absolute atomic E-state index is 12.2. The largest absolute Gasteiger partial charge is 0.354 e. The van der Waals surface area contributed by atoms with Crippen LogP contribution in [0.2, 0.25) is 0 Å². The highest BCUT2D eigenvalue weighted by Gasteiger charge is 2.30. The Morgan fingerprint density at radius 2 is 2.04 bits per heavy atom. The summed E-state index contributed by atoms with van der Waals surface area (Å²) >= 11 is 1.34. The number of rotatable bonds is 9. The molecule has 0 saturated heterocycles. The van der Waals surface area contributed by atoms with Crippen LogP contribution in [0.25, 0.3) is 11.4 Å². The van der Waals surface area contributed by atoms with Crippen molar-refractivity contribution in [2.45, 2.75) is 50.4 Å². The Bertz CT molecular complexity index is 790. The van der Waals surface area contributed by atoms with Crippen LogP contribution in [0, 0.1) is 0 Å². The molecular formula is C18H24N6O2S. The Morgan fingerprint density at radius 1 is 1.30 bits per heavy atom. The molecule has 0 radical (unpaired) electrons. The molecule has 27 heavy (non-hydrogen) atoms. The highest BCUT2D eigenvalue weighted by Crippen LogP contribution is 2.40. The maximum atomic E-state index is 12.2. The van der Waals surface area contributed by atoms with Gasteiger partial charge in [-0.15, -0.1) is 10.2 Å². The number of carbonyl (C=O) groups excluding carboxylic acids is 2.